The smallest absolute Gasteiger partial charge is 0.349 e. The Hall–Kier alpha value is -3.26. The Balaban J connectivity index is 1.21. The molecule has 3 heterocycles. The summed E-state index contributed by atoms with van der Waals surface area (Å²) in [5, 5.41) is 9.46. The first kappa shape index (κ1) is 19.1. The second-order valence-electron chi connectivity index (χ2n) is 6.54. The lowest BCUT2D eigenvalue weighted by Gasteiger charge is -2.05. The maximum Gasteiger partial charge on any atom is 0.349 e. The summed E-state index contributed by atoms with van der Waals surface area (Å²) >= 11 is 1.57. The minimum atomic E-state index is -0.626. The summed E-state index contributed by atoms with van der Waals surface area (Å²) in [6.07, 6.45) is 3.25. The molecule has 1 aromatic carbocycles. The first-order valence-electron chi connectivity index (χ1n) is 9.38. The van der Waals surface area contributed by atoms with E-state index in [1.54, 1.807) is 35.6 Å². The van der Waals surface area contributed by atoms with Crippen LogP contribution in [0.15, 0.2) is 61.6 Å². The molecule has 0 saturated carbocycles. The van der Waals surface area contributed by atoms with Gasteiger partial charge in [-0.2, -0.15) is 4.98 Å². The van der Waals surface area contributed by atoms with Crippen LogP contribution in [0.5, 0.6) is 0 Å². The van der Waals surface area contributed by atoms with E-state index >= 15 is 0 Å². The predicted molar refractivity (Wildman–Crippen MR) is 110 cm³/mol. The minimum absolute atomic E-state index is 0.0238. The maximum atomic E-state index is 12.3. The molecule has 0 atom stereocenters. The molecule has 0 saturated heterocycles. The number of unbranched alkanes of at least 4 members (excludes halogenated alkanes) is 2. The van der Waals surface area contributed by atoms with Gasteiger partial charge in [-0.25, -0.2) is 4.79 Å². The van der Waals surface area contributed by atoms with E-state index in [4.69, 9.17) is 8.94 Å². The van der Waals surface area contributed by atoms with E-state index in [-0.39, 0.29) is 5.56 Å². The van der Waals surface area contributed by atoms with E-state index < -0.39 is 11.5 Å². The van der Waals surface area contributed by atoms with Gasteiger partial charge in [0, 0.05) is 18.4 Å². The maximum absolute atomic E-state index is 12.3. The fraction of sp³-hybridized carbons (Fsp3) is 0.238. The minimum Gasteiger partial charge on any atom is -0.422 e. The van der Waals surface area contributed by atoms with Gasteiger partial charge in [-0.15, -0.1) is 11.3 Å². The molecule has 0 aliphatic heterocycles. The highest BCUT2D eigenvalue weighted by atomic mass is 32.1. The summed E-state index contributed by atoms with van der Waals surface area (Å²) in [6, 6.07) is 12.6. The number of hydrogen-bond donors (Lipinski definition) is 1. The van der Waals surface area contributed by atoms with Crippen LogP contribution in [0.25, 0.3) is 21.7 Å². The highest BCUT2D eigenvalue weighted by Crippen LogP contribution is 2.21. The third kappa shape index (κ3) is 4.60. The molecule has 7 nitrogen and oxygen atoms in total. The lowest BCUT2D eigenvalue weighted by Crippen LogP contribution is -2.29. The monoisotopic (exact) mass is 409 g/mol. The average molecular weight is 409 g/mol. The first-order valence-corrected chi connectivity index (χ1v) is 10.3. The van der Waals surface area contributed by atoms with Gasteiger partial charge in [-0.1, -0.05) is 35.8 Å². The second kappa shape index (κ2) is 8.83. The van der Waals surface area contributed by atoms with Crippen molar-refractivity contribution in [3.63, 3.8) is 0 Å². The summed E-state index contributed by atoms with van der Waals surface area (Å²) in [7, 11) is 0. The Kier molecular flexibility index (Phi) is 5.81. The molecule has 0 radical (unpaired) electrons. The summed E-state index contributed by atoms with van der Waals surface area (Å²) < 4.78 is 10.5. The molecular weight excluding hydrogens is 390 g/mol. The van der Waals surface area contributed by atoms with Crippen LogP contribution in [0, 0.1) is 0 Å². The number of aromatic nitrogens is 2. The number of nitrogens with zero attached hydrogens (tertiary/aromatic N) is 2. The third-order valence-corrected chi connectivity index (χ3v) is 5.31. The van der Waals surface area contributed by atoms with E-state index in [1.807, 2.05) is 23.6 Å². The van der Waals surface area contributed by atoms with Crippen molar-refractivity contribution < 1.29 is 13.7 Å². The number of para-hydroxylation sites is 1. The van der Waals surface area contributed by atoms with Crippen molar-refractivity contribution in [1.29, 1.82) is 0 Å². The zero-order valence-corrected chi connectivity index (χ0v) is 16.4. The van der Waals surface area contributed by atoms with Gasteiger partial charge in [0.2, 0.25) is 11.7 Å². The van der Waals surface area contributed by atoms with Crippen molar-refractivity contribution in [3.8, 4) is 10.7 Å². The fourth-order valence-corrected chi connectivity index (χ4v) is 3.61. The molecule has 3 aromatic heterocycles. The van der Waals surface area contributed by atoms with Crippen LogP contribution in [-0.4, -0.2) is 22.6 Å². The fourth-order valence-electron chi connectivity index (χ4n) is 2.96. The van der Waals surface area contributed by atoms with Gasteiger partial charge >= 0.3 is 5.63 Å². The van der Waals surface area contributed by atoms with Crippen LogP contribution in [0.4, 0.5) is 0 Å². The molecule has 4 rings (SSSR count). The van der Waals surface area contributed by atoms with Crippen LogP contribution in [0.2, 0.25) is 0 Å². The van der Waals surface area contributed by atoms with Crippen molar-refractivity contribution in [1.82, 2.24) is 15.5 Å². The molecule has 0 fully saturated rings. The van der Waals surface area contributed by atoms with Crippen LogP contribution < -0.4 is 10.9 Å². The average Bonchev–Trinajstić information content (AvgIpc) is 3.41. The standard InChI is InChI=1S/C21H19N3O4S/c25-20(15-13-14-7-3-4-8-16(14)27-21(15)26)22-11-5-1-2-10-18-23-19(24-28-18)17-9-6-12-29-17/h3-4,6-9,12-13H,1-2,5,10-11H2,(H,22,25). The summed E-state index contributed by atoms with van der Waals surface area (Å²) in [5.41, 5.74) is -0.132. The number of thiophene rings is 1. The summed E-state index contributed by atoms with van der Waals surface area (Å²) in [5.74, 6) is 0.824. The number of benzene rings is 1. The Morgan fingerprint density at radius 2 is 2.00 bits per heavy atom. The zero-order valence-electron chi connectivity index (χ0n) is 15.6. The molecule has 29 heavy (non-hydrogen) atoms. The van der Waals surface area contributed by atoms with Crippen LogP contribution >= 0.6 is 11.3 Å². The molecule has 1 N–H and O–H groups in total. The number of carbonyl (C=O) groups excluding carboxylic acids is 1. The van der Waals surface area contributed by atoms with Crippen molar-refractivity contribution in [3.05, 3.63) is 69.7 Å². The molecule has 0 spiro atoms. The van der Waals surface area contributed by atoms with Crippen molar-refractivity contribution in [2.75, 3.05) is 6.54 Å². The predicted octanol–water partition coefficient (Wildman–Crippen LogP) is 4.05. The number of carbonyl (C=O) groups is 1. The van der Waals surface area contributed by atoms with Crippen LogP contribution in [0.3, 0.4) is 0 Å². The normalized spacial score (nSPS) is 11.0. The van der Waals surface area contributed by atoms with Gasteiger partial charge in [0.1, 0.15) is 11.1 Å². The van der Waals surface area contributed by atoms with E-state index in [0.717, 1.165) is 29.5 Å². The number of nitrogens with one attached hydrogen (secondary N) is 1. The molecule has 148 valence electrons. The Bertz CT molecular complexity index is 1160. The Morgan fingerprint density at radius 1 is 1.10 bits per heavy atom. The molecule has 0 unspecified atom stereocenters. The molecular formula is C21H19N3O4S. The number of fused-ring (bicyclic) bond motifs is 1. The highest BCUT2D eigenvalue weighted by molar-refractivity contribution is 7.13. The lowest BCUT2D eigenvalue weighted by molar-refractivity contribution is 0.0949. The largest absolute Gasteiger partial charge is 0.422 e. The van der Waals surface area contributed by atoms with Crippen LogP contribution in [0.1, 0.15) is 35.5 Å². The van der Waals surface area contributed by atoms with E-state index in [9.17, 15) is 9.59 Å². The van der Waals surface area contributed by atoms with E-state index in [2.05, 4.69) is 15.5 Å². The Morgan fingerprint density at radius 3 is 2.86 bits per heavy atom. The van der Waals surface area contributed by atoms with Crippen molar-refractivity contribution in [2.24, 2.45) is 0 Å². The summed E-state index contributed by atoms with van der Waals surface area (Å²) in [4.78, 5) is 29.7. The van der Waals surface area contributed by atoms with Gasteiger partial charge in [-0.3, -0.25) is 4.79 Å². The summed E-state index contributed by atoms with van der Waals surface area (Å²) in [6.45, 7) is 0.482. The van der Waals surface area contributed by atoms with E-state index in [0.29, 0.717) is 30.3 Å². The number of rotatable bonds is 8. The number of aryl methyl sites for hydroxylation is 1. The second-order valence-corrected chi connectivity index (χ2v) is 7.49. The van der Waals surface area contributed by atoms with Crippen molar-refractivity contribution in [2.45, 2.75) is 25.7 Å². The van der Waals surface area contributed by atoms with Crippen molar-refractivity contribution >= 4 is 28.2 Å². The van der Waals surface area contributed by atoms with Gasteiger partial charge in [0.15, 0.2) is 0 Å². The molecule has 4 aromatic rings. The SMILES string of the molecule is O=C(NCCCCCc1nc(-c2cccs2)no1)c1cc2ccccc2oc1=O. The highest BCUT2D eigenvalue weighted by Gasteiger charge is 2.13. The molecule has 0 aliphatic rings. The molecule has 0 bridgehead atoms. The number of amides is 1. The third-order valence-electron chi connectivity index (χ3n) is 4.45. The molecule has 1 amide bonds. The van der Waals surface area contributed by atoms with Gasteiger partial charge in [0.25, 0.3) is 5.91 Å². The molecule has 8 heteroatoms. The first-order chi connectivity index (χ1) is 14.2. The lowest BCUT2D eigenvalue weighted by atomic mass is 10.1. The van der Waals surface area contributed by atoms with Gasteiger partial charge in [0.05, 0.1) is 4.88 Å². The Labute approximate surface area is 170 Å². The number of hydrogen-bond acceptors (Lipinski definition) is 7. The van der Waals surface area contributed by atoms with Crippen LogP contribution in [-0.2, 0) is 6.42 Å². The molecule has 0 aliphatic carbocycles. The van der Waals surface area contributed by atoms with Gasteiger partial charge < -0.3 is 14.3 Å². The van der Waals surface area contributed by atoms with Gasteiger partial charge in [-0.05, 0) is 36.4 Å². The van der Waals surface area contributed by atoms with E-state index in [1.165, 1.54) is 0 Å². The zero-order chi connectivity index (χ0) is 20.1. The topological polar surface area (TPSA) is 98.2 Å². The quantitative estimate of drug-likeness (QED) is 0.348.